The van der Waals surface area contributed by atoms with Gasteiger partial charge in [-0.2, -0.15) is 0 Å². The van der Waals surface area contributed by atoms with E-state index in [1.807, 2.05) is 22.9 Å². The lowest BCUT2D eigenvalue weighted by atomic mass is 10.3. The third-order valence-corrected chi connectivity index (χ3v) is 5.22. The van der Waals surface area contributed by atoms with Crippen molar-refractivity contribution < 1.29 is 4.79 Å². The first kappa shape index (κ1) is 13.1. The van der Waals surface area contributed by atoms with Gasteiger partial charge in [-0.3, -0.25) is 4.79 Å². The topological polar surface area (TPSA) is 47.8 Å². The largest absolute Gasteiger partial charge is 0.298 e. The summed E-state index contributed by atoms with van der Waals surface area (Å²) in [6.45, 7) is 0. The number of thioether (sulfide) groups is 1. The van der Waals surface area contributed by atoms with Crippen LogP contribution in [0.2, 0.25) is 0 Å². The molecule has 108 valence electrons. The lowest BCUT2D eigenvalue weighted by molar-refractivity contribution is -0.116. The summed E-state index contributed by atoms with van der Waals surface area (Å²) in [4.78, 5) is 16.5. The van der Waals surface area contributed by atoms with Crippen LogP contribution in [0.1, 0.15) is 43.8 Å². The number of benzene rings is 1. The molecule has 2 saturated carbocycles. The number of aromatic nitrogens is 3. The second-order valence-electron chi connectivity index (χ2n) is 5.74. The van der Waals surface area contributed by atoms with E-state index < -0.39 is 0 Å². The Kier molecular flexibility index (Phi) is 3.30. The van der Waals surface area contributed by atoms with Crippen molar-refractivity contribution in [3.63, 3.8) is 0 Å². The van der Waals surface area contributed by atoms with Crippen LogP contribution in [0.5, 0.6) is 0 Å². The Hall–Kier alpha value is -1.62. The van der Waals surface area contributed by atoms with E-state index in [0.717, 1.165) is 29.5 Å². The zero-order valence-electron chi connectivity index (χ0n) is 11.7. The molecule has 4 rings (SSSR count). The number of para-hydroxylation sites is 1. The molecule has 5 heteroatoms. The average molecular weight is 299 g/mol. The number of rotatable bonds is 4. The van der Waals surface area contributed by atoms with Crippen LogP contribution in [-0.4, -0.2) is 25.8 Å². The predicted molar refractivity (Wildman–Crippen MR) is 81.8 cm³/mol. The fourth-order valence-electron chi connectivity index (χ4n) is 2.75. The third-order valence-electron chi connectivity index (χ3n) is 4.05. The first-order valence-electron chi connectivity index (χ1n) is 7.53. The molecule has 0 radical (unpaired) electrons. The van der Waals surface area contributed by atoms with Gasteiger partial charge in [0.25, 0.3) is 0 Å². The van der Waals surface area contributed by atoms with Crippen molar-refractivity contribution in [1.29, 1.82) is 0 Å². The second kappa shape index (κ2) is 5.30. The lowest BCUT2D eigenvalue weighted by Crippen LogP contribution is -2.08. The van der Waals surface area contributed by atoms with Crippen molar-refractivity contribution >= 4 is 17.5 Å². The molecule has 2 aromatic rings. The summed E-state index contributed by atoms with van der Waals surface area (Å²) in [6.07, 6.45) is 5.07. The van der Waals surface area contributed by atoms with Crippen molar-refractivity contribution in [2.75, 3.05) is 0 Å². The zero-order valence-corrected chi connectivity index (χ0v) is 12.6. The number of ketones is 1. The molecule has 0 bridgehead atoms. The van der Waals surface area contributed by atoms with Crippen LogP contribution in [0.3, 0.4) is 0 Å². The summed E-state index contributed by atoms with van der Waals surface area (Å²) in [5.41, 5.74) is 1.05. The maximum Gasteiger partial charge on any atom is 0.209 e. The Balaban J connectivity index is 1.65. The van der Waals surface area contributed by atoms with Gasteiger partial charge in [0.1, 0.15) is 11.6 Å². The van der Waals surface area contributed by atoms with E-state index in [4.69, 9.17) is 4.98 Å². The van der Waals surface area contributed by atoms with Crippen molar-refractivity contribution in [2.24, 2.45) is 0 Å². The zero-order chi connectivity index (χ0) is 14.2. The Bertz CT molecular complexity index is 663. The average Bonchev–Trinajstić information content (AvgIpc) is 3.16. The molecule has 1 aromatic carbocycles. The van der Waals surface area contributed by atoms with Crippen LogP contribution in [0.4, 0.5) is 0 Å². The normalized spacial score (nSPS) is 21.9. The van der Waals surface area contributed by atoms with Gasteiger partial charge in [0.05, 0.1) is 10.9 Å². The molecule has 0 aliphatic heterocycles. The number of nitrogens with zero attached hydrogens (tertiary/aromatic N) is 3. The predicted octanol–water partition coefficient (Wildman–Crippen LogP) is 3.36. The summed E-state index contributed by atoms with van der Waals surface area (Å²) >= 11 is 1.54. The number of hydrogen-bond acceptors (Lipinski definition) is 4. The van der Waals surface area contributed by atoms with Gasteiger partial charge in [-0.15, -0.1) is 5.10 Å². The summed E-state index contributed by atoms with van der Waals surface area (Å²) in [5, 5.41) is 5.47. The minimum Gasteiger partial charge on any atom is -0.298 e. The second-order valence-corrected chi connectivity index (χ2v) is 6.91. The molecule has 2 fully saturated rings. The van der Waals surface area contributed by atoms with E-state index in [0.29, 0.717) is 18.1 Å². The minimum absolute atomic E-state index is 0.0590. The fraction of sp³-hybridized carbons (Fsp3) is 0.438. The molecular formula is C16H17N3OS. The molecule has 1 aromatic heterocycles. The molecule has 0 spiro atoms. The van der Waals surface area contributed by atoms with Crippen LogP contribution in [0.25, 0.3) is 5.69 Å². The van der Waals surface area contributed by atoms with E-state index in [-0.39, 0.29) is 5.25 Å². The maximum atomic E-state index is 11.8. The van der Waals surface area contributed by atoms with Crippen LogP contribution >= 0.6 is 11.8 Å². The van der Waals surface area contributed by atoms with Gasteiger partial charge in [-0.05, 0) is 37.8 Å². The number of carbonyl (C=O) groups is 1. The lowest BCUT2D eigenvalue weighted by Gasteiger charge is -2.04. The molecule has 0 amide bonds. The fourth-order valence-corrected chi connectivity index (χ4v) is 3.82. The highest BCUT2D eigenvalue weighted by Gasteiger charge is 2.32. The summed E-state index contributed by atoms with van der Waals surface area (Å²) < 4.78 is 1.96. The molecule has 1 atom stereocenters. The molecule has 0 N–H and O–H groups in total. The van der Waals surface area contributed by atoms with Crippen molar-refractivity contribution in [2.45, 2.75) is 48.4 Å². The Labute approximate surface area is 128 Å². The Morgan fingerprint density at radius 1 is 1.14 bits per heavy atom. The van der Waals surface area contributed by atoms with Gasteiger partial charge >= 0.3 is 0 Å². The standard InChI is InChI=1S/C16H17N3OS/c20-13-7-4-8-14(13)21-16-17-15(11-9-10-11)19(18-16)12-5-2-1-3-6-12/h1-3,5-6,11,14H,4,7-10H2/t14-/m1/s1. The summed E-state index contributed by atoms with van der Waals surface area (Å²) in [5.74, 6) is 1.93. The van der Waals surface area contributed by atoms with Crippen LogP contribution in [-0.2, 0) is 4.79 Å². The molecule has 21 heavy (non-hydrogen) atoms. The first-order chi connectivity index (χ1) is 10.3. The highest BCUT2D eigenvalue weighted by molar-refractivity contribution is 8.00. The van der Waals surface area contributed by atoms with Crippen molar-refractivity contribution in [3.8, 4) is 5.69 Å². The molecule has 0 unspecified atom stereocenters. The highest BCUT2D eigenvalue weighted by atomic mass is 32.2. The minimum atomic E-state index is 0.0590. The van der Waals surface area contributed by atoms with Crippen molar-refractivity contribution in [1.82, 2.24) is 14.8 Å². The molecule has 2 aliphatic rings. The van der Waals surface area contributed by atoms with E-state index in [2.05, 4.69) is 17.2 Å². The van der Waals surface area contributed by atoms with Crippen LogP contribution in [0.15, 0.2) is 35.5 Å². The maximum absolute atomic E-state index is 11.8. The van der Waals surface area contributed by atoms with E-state index in [1.165, 1.54) is 12.8 Å². The summed E-state index contributed by atoms with van der Waals surface area (Å²) in [6, 6.07) is 10.1. The highest BCUT2D eigenvalue weighted by Crippen LogP contribution is 2.41. The van der Waals surface area contributed by atoms with Gasteiger partial charge in [0.2, 0.25) is 5.16 Å². The molecule has 0 saturated heterocycles. The smallest absolute Gasteiger partial charge is 0.209 e. The van der Waals surface area contributed by atoms with Gasteiger partial charge in [0.15, 0.2) is 0 Å². The first-order valence-corrected chi connectivity index (χ1v) is 8.41. The Morgan fingerprint density at radius 2 is 1.95 bits per heavy atom. The van der Waals surface area contributed by atoms with E-state index in [1.54, 1.807) is 11.8 Å². The number of Topliss-reactive ketones (excluding diaryl/α,β-unsaturated/α-hetero) is 1. The number of hydrogen-bond donors (Lipinski definition) is 0. The van der Waals surface area contributed by atoms with Crippen molar-refractivity contribution in [3.05, 3.63) is 36.2 Å². The van der Waals surface area contributed by atoms with Crippen LogP contribution < -0.4 is 0 Å². The van der Waals surface area contributed by atoms with Gasteiger partial charge in [-0.1, -0.05) is 30.0 Å². The molecule has 1 heterocycles. The van der Waals surface area contributed by atoms with Gasteiger partial charge in [0, 0.05) is 12.3 Å². The molecular weight excluding hydrogens is 282 g/mol. The Morgan fingerprint density at radius 3 is 2.62 bits per heavy atom. The SMILES string of the molecule is O=C1CCC[C@H]1Sc1nc(C2CC2)n(-c2ccccc2)n1. The molecule has 4 nitrogen and oxygen atoms in total. The van der Waals surface area contributed by atoms with E-state index >= 15 is 0 Å². The number of carbonyl (C=O) groups excluding carboxylic acids is 1. The molecule has 2 aliphatic carbocycles. The quantitative estimate of drug-likeness (QED) is 0.868. The van der Waals surface area contributed by atoms with Crippen LogP contribution in [0, 0.1) is 0 Å². The third kappa shape index (κ3) is 2.62. The van der Waals surface area contributed by atoms with E-state index in [9.17, 15) is 4.79 Å². The summed E-state index contributed by atoms with van der Waals surface area (Å²) in [7, 11) is 0. The van der Waals surface area contributed by atoms with Gasteiger partial charge in [-0.25, -0.2) is 9.67 Å². The van der Waals surface area contributed by atoms with Gasteiger partial charge < -0.3 is 0 Å². The monoisotopic (exact) mass is 299 g/mol.